The number of pyridine rings is 1. The molecule has 3 N–H and O–H groups in total. The third-order valence-electron chi connectivity index (χ3n) is 3.90. The van der Waals surface area contributed by atoms with Gasteiger partial charge in [-0.1, -0.05) is 12.1 Å². The molecular weight excluding hydrogens is 256 g/mol. The van der Waals surface area contributed by atoms with Crippen LogP contribution in [0.15, 0.2) is 29.1 Å². The fourth-order valence-electron chi connectivity index (χ4n) is 2.88. The topological polar surface area (TPSA) is 82.2 Å². The summed E-state index contributed by atoms with van der Waals surface area (Å²) in [6.07, 6.45) is 1.68. The van der Waals surface area contributed by atoms with Gasteiger partial charge in [-0.15, -0.1) is 0 Å². The minimum absolute atomic E-state index is 0.0969. The zero-order valence-electron chi connectivity index (χ0n) is 11.0. The highest BCUT2D eigenvalue weighted by Crippen LogP contribution is 2.26. The first-order chi connectivity index (χ1) is 9.68. The molecule has 0 saturated carbocycles. The number of rotatable bonds is 2. The van der Waals surface area contributed by atoms with E-state index >= 15 is 0 Å². The number of piperidine rings is 1. The summed E-state index contributed by atoms with van der Waals surface area (Å²) in [5.41, 5.74) is 0.787. The second-order valence-corrected chi connectivity index (χ2v) is 5.12. The van der Waals surface area contributed by atoms with Crippen molar-refractivity contribution in [1.82, 2.24) is 10.3 Å². The third-order valence-corrected chi connectivity index (χ3v) is 3.90. The van der Waals surface area contributed by atoms with Crippen molar-refractivity contribution in [3.05, 3.63) is 45.7 Å². The van der Waals surface area contributed by atoms with Crippen LogP contribution in [0.3, 0.4) is 0 Å². The van der Waals surface area contributed by atoms with Gasteiger partial charge in [-0.25, -0.2) is 4.79 Å². The molecule has 1 aliphatic rings. The van der Waals surface area contributed by atoms with E-state index in [2.05, 4.69) is 10.3 Å². The largest absolute Gasteiger partial charge is 0.477 e. The van der Waals surface area contributed by atoms with Crippen molar-refractivity contribution < 1.29 is 9.90 Å². The van der Waals surface area contributed by atoms with Crippen LogP contribution in [0, 0.1) is 0 Å². The number of carbonyl (C=O) groups is 1. The lowest BCUT2D eigenvalue weighted by Crippen LogP contribution is -2.30. The lowest BCUT2D eigenvalue weighted by Gasteiger charge is -2.24. The molecule has 3 rings (SSSR count). The van der Waals surface area contributed by atoms with Gasteiger partial charge in [-0.2, -0.15) is 0 Å². The Morgan fingerprint density at radius 3 is 2.60 bits per heavy atom. The number of carboxylic acid groups (broad SMARTS) is 1. The molecule has 1 saturated heterocycles. The molecule has 104 valence electrons. The number of aromatic carboxylic acids is 1. The fraction of sp³-hybridized carbons (Fsp3) is 0.333. The van der Waals surface area contributed by atoms with Crippen molar-refractivity contribution in [1.29, 1.82) is 0 Å². The molecule has 0 atom stereocenters. The van der Waals surface area contributed by atoms with Gasteiger partial charge in [-0.05, 0) is 38.1 Å². The maximum absolute atomic E-state index is 12.4. The van der Waals surface area contributed by atoms with Gasteiger partial charge in [0.05, 0.1) is 0 Å². The van der Waals surface area contributed by atoms with Crippen molar-refractivity contribution >= 4 is 16.9 Å². The maximum atomic E-state index is 12.4. The summed E-state index contributed by atoms with van der Waals surface area (Å²) in [6, 6.07) is 7.05. The van der Waals surface area contributed by atoms with Crippen molar-refractivity contribution in [3.63, 3.8) is 0 Å². The van der Waals surface area contributed by atoms with E-state index in [4.69, 9.17) is 0 Å². The Bertz CT molecular complexity index is 715. The van der Waals surface area contributed by atoms with Crippen LogP contribution in [0.4, 0.5) is 0 Å². The van der Waals surface area contributed by atoms with Crippen LogP contribution in [-0.4, -0.2) is 29.1 Å². The molecule has 1 aliphatic heterocycles. The Labute approximate surface area is 115 Å². The summed E-state index contributed by atoms with van der Waals surface area (Å²) in [5.74, 6) is -1.05. The van der Waals surface area contributed by atoms with Crippen molar-refractivity contribution in [2.45, 2.75) is 18.8 Å². The number of H-pyrrole nitrogens is 1. The lowest BCUT2D eigenvalue weighted by atomic mass is 9.90. The van der Waals surface area contributed by atoms with Gasteiger partial charge in [0.25, 0.3) is 0 Å². The SMILES string of the molecule is O=C(O)c1c(C2CCNCC2)[nH]c2ccccc2c1=O. The van der Waals surface area contributed by atoms with Crippen LogP contribution in [0.2, 0.25) is 0 Å². The van der Waals surface area contributed by atoms with Crippen molar-refractivity contribution in [2.24, 2.45) is 0 Å². The van der Waals surface area contributed by atoms with Crippen LogP contribution in [0.1, 0.15) is 34.8 Å². The van der Waals surface area contributed by atoms with Crippen LogP contribution in [0.25, 0.3) is 10.9 Å². The fourth-order valence-corrected chi connectivity index (χ4v) is 2.88. The highest BCUT2D eigenvalue weighted by Gasteiger charge is 2.25. The zero-order chi connectivity index (χ0) is 14.1. The number of para-hydroxylation sites is 1. The molecule has 5 nitrogen and oxygen atoms in total. The number of hydrogen-bond acceptors (Lipinski definition) is 3. The summed E-state index contributed by atoms with van der Waals surface area (Å²) in [7, 11) is 0. The normalized spacial score (nSPS) is 16.4. The van der Waals surface area contributed by atoms with E-state index in [1.165, 1.54) is 0 Å². The van der Waals surface area contributed by atoms with Gasteiger partial charge < -0.3 is 15.4 Å². The quantitative estimate of drug-likeness (QED) is 0.777. The highest BCUT2D eigenvalue weighted by molar-refractivity contribution is 5.94. The molecule has 0 spiro atoms. The number of aromatic nitrogens is 1. The summed E-state index contributed by atoms with van der Waals surface area (Å²) in [5, 5.41) is 13.1. The van der Waals surface area contributed by atoms with E-state index in [0.717, 1.165) is 25.9 Å². The standard InChI is InChI=1S/C15H16N2O3/c18-14-10-3-1-2-4-11(10)17-13(12(14)15(19)20)9-5-7-16-8-6-9/h1-4,9,16H,5-8H2,(H,17,18)(H,19,20). The van der Waals surface area contributed by atoms with E-state index in [1.54, 1.807) is 12.1 Å². The number of nitrogens with one attached hydrogen (secondary N) is 2. The van der Waals surface area contributed by atoms with Crippen molar-refractivity contribution in [2.75, 3.05) is 13.1 Å². The molecule has 1 aromatic heterocycles. The molecule has 1 fully saturated rings. The van der Waals surface area contributed by atoms with Gasteiger partial charge in [-0.3, -0.25) is 4.79 Å². The van der Waals surface area contributed by atoms with E-state index < -0.39 is 5.97 Å². The first kappa shape index (κ1) is 12.9. The zero-order valence-corrected chi connectivity index (χ0v) is 11.0. The minimum Gasteiger partial charge on any atom is -0.477 e. The van der Waals surface area contributed by atoms with Gasteiger partial charge >= 0.3 is 5.97 Å². The predicted molar refractivity (Wildman–Crippen MR) is 76.4 cm³/mol. The predicted octanol–water partition coefficient (Wildman–Crippen LogP) is 1.69. The maximum Gasteiger partial charge on any atom is 0.341 e. The van der Waals surface area contributed by atoms with Crippen LogP contribution >= 0.6 is 0 Å². The Hall–Kier alpha value is -2.14. The van der Waals surface area contributed by atoms with Crippen LogP contribution in [-0.2, 0) is 0 Å². The average molecular weight is 272 g/mol. The summed E-state index contributed by atoms with van der Waals surface area (Å²) < 4.78 is 0. The van der Waals surface area contributed by atoms with Crippen LogP contribution < -0.4 is 10.7 Å². The van der Waals surface area contributed by atoms with E-state index in [1.807, 2.05) is 12.1 Å². The number of benzene rings is 1. The van der Waals surface area contributed by atoms with E-state index in [-0.39, 0.29) is 16.9 Å². The second kappa shape index (κ2) is 5.09. The van der Waals surface area contributed by atoms with Gasteiger partial charge in [0.2, 0.25) is 5.43 Å². The molecule has 2 heterocycles. The molecule has 2 aromatic rings. The summed E-state index contributed by atoms with van der Waals surface area (Å²) >= 11 is 0. The Kier molecular flexibility index (Phi) is 3.28. The molecule has 5 heteroatoms. The monoisotopic (exact) mass is 272 g/mol. The summed E-state index contributed by atoms with van der Waals surface area (Å²) in [6.45, 7) is 1.69. The Balaban J connectivity index is 2.26. The molecule has 0 aliphatic carbocycles. The number of aromatic amines is 1. The minimum atomic E-state index is -1.15. The lowest BCUT2D eigenvalue weighted by molar-refractivity contribution is 0.0693. The van der Waals surface area contributed by atoms with Crippen LogP contribution in [0.5, 0.6) is 0 Å². The third kappa shape index (κ3) is 2.10. The Morgan fingerprint density at radius 2 is 1.90 bits per heavy atom. The van der Waals surface area contributed by atoms with Gasteiger partial charge in [0, 0.05) is 22.5 Å². The number of carboxylic acids is 1. The summed E-state index contributed by atoms with van der Waals surface area (Å²) in [4.78, 5) is 27.1. The highest BCUT2D eigenvalue weighted by atomic mass is 16.4. The Morgan fingerprint density at radius 1 is 1.20 bits per heavy atom. The smallest absolute Gasteiger partial charge is 0.341 e. The molecule has 20 heavy (non-hydrogen) atoms. The molecular formula is C15H16N2O3. The molecule has 0 bridgehead atoms. The van der Waals surface area contributed by atoms with E-state index in [9.17, 15) is 14.7 Å². The van der Waals surface area contributed by atoms with Gasteiger partial charge in [0.1, 0.15) is 5.56 Å². The first-order valence-electron chi connectivity index (χ1n) is 6.77. The molecule has 0 amide bonds. The van der Waals surface area contributed by atoms with Gasteiger partial charge in [0.15, 0.2) is 0 Å². The second-order valence-electron chi connectivity index (χ2n) is 5.12. The molecule has 0 radical (unpaired) electrons. The number of fused-ring (bicyclic) bond motifs is 1. The number of hydrogen-bond donors (Lipinski definition) is 3. The molecule has 0 unspecified atom stereocenters. The van der Waals surface area contributed by atoms with E-state index in [0.29, 0.717) is 16.6 Å². The molecule has 1 aromatic carbocycles. The average Bonchev–Trinajstić information content (AvgIpc) is 2.47. The first-order valence-corrected chi connectivity index (χ1v) is 6.77. The van der Waals surface area contributed by atoms with Crippen molar-refractivity contribution in [3.8, 4) is 0 Å².